The first kappa shape index (κ1) is 9.71. The number of phenolic OH excluding ortho intramolecular Hbond substituents is 1. The van der Waals surface area contributed by atoms with Crippen molar-refractivity contribution >= 4 is 16.8 Å². The lowest BCUT2D eigenvalue weighted by Crippen LogP contribution is -2.06. The molecule has 15 heavy (non-hydrogen) atoms. The van der Waals surface area contributed by atoms with E-state index in [2.05, 4.69) is 5.10 Å². The van der Waals surface area contributed by atoms with Crippen LogP contribution < -0.4 is 0 Å². The summed E-state index contributed by atoms with van der Waals surface area (Å²) in [6.45, 7) is 3.44. The molecule has 0 aliphatic rings. The molecule has 0 atom stereocenters. The second-order valence-corrected chi connectivity index (χ2v) is 3.48. The molecule has 0 fully saturated rings. The molecule has 0 aliphatic heterocycles. The third-order valence-corrected chi connectivity index (χ3v) is 2.43. The van der Waals surface area contributed by atoms with Crippen LogP contribution >= 0.6 is 0 Å². The Labute approximate surface area is 87.1 Å². The minimum Gasteiger partial charge on any atom is -0.507 e. The lowest BCUT2D eigenvalue weighted by atomic mass is 10.1. The summed E-state index contributed by atoms with van der Waals surface area (Å²) in [5, 5.41) is 14.3. The van der Waals surface area contributed by atoms with E-state index in [1.54, 1.807) is 6.07 Å². The zero-order chi connectivity index (χ0) is 11.0. The first-order chi connectivity index (χ1) is 7.13. The summed E-state index contributed by atoms with van der Waals surface area (Å²) < 4.78 is 1.30. The number of benzene rings is 1. The highest BCUT2D eigenvalue weighted by Gasteiger charge is 2.10. The molecule has 4 nitrogen and oxygen atoms in total. The number of hydrogen-bond acceptors (Lipinski definition) is 3. The molecule has 0 amide bonds. The minimum atomic E-state index is -0.155. The van der Waals surface area contributed by atoms with Gasteiger partial charge in [-0.2, -0.15) is 5.10 Å². The van der Waals surface area contributed by atoms with Gasteiger partial charge in [0.1, 0.15) is 5.75 Å². The Morgan fingerprint density at radius 2 is 2.27 bits per heavy atom. The maximum atomic E-state index is 11.3. The van der Waals surface area contributed by atoms with Crippen LogP contribution in [0.2, 0.25) is 0 Å². The molecule has 2 aromatic rings. The smallest absolute Gasteiger partial charge is 0.244 e. The average Bonchev–Trinajstić information content (AvgIpc) is 2.61. The Hall–Kier alpha value is -1.84. The van der Waals surface area contributed by atoms with Crippen LogP contribution in [0.5, 0.6) is 5.75 Å². The molecular weight excluding hydrogens is 192 g/mol. The molecule has 0 bridgehead atoms. The molecule has 1 aromatic heterocycles. The maximum Gasteiger partial charge on any atom is 0.244 e. The molecule has 2 rings (SSSR count). The normalized spacial score (nSPS) is 10.8. The van der Waals surface area contributed by atoms with Gasteiger partial charge in [0, 0.05) is 6.92 Å². The fourth-order valence-corrected chi connectivity index (χ4v) is 1.62. The van der Waals surface area contributed by atoms with Crippen molar-refractivity contribution in [3.05, 3.63) is 23.9 Å². The van der Waals surface area contributed by atoms with Crippen molar-refractivity contribution in [1.29, 1.82) is 0 Å². The standard InChI is InChI=1S/C11H12N2O2/c1-3-8-4-10-9(11(15)5-8)6-12-13(10)7(2)14/h4-6,15H,3H2,1-2H3. The number of aromatic hydroxyl groups is 1. The van der Waals surface area contributed by atoms with Gasteiger partial charge in [0.2, 0.25) is 5.91 Å². The lowest BCUT2D eigenvalue weighted by Gasteiger charge is -2.02. The predicted octanol–water partition coefficient (Wildman–Crippen LogP) is 1.96. The SMILES string of the molecule is CCc1cc(O)c2cnn(C(C)=O)c2c1. The number of hydrogen-bond donors (Lipinski definition) is 1. The topological polar surface area (TPSA) is 55.1 Å². The van der Waals surface area contributed by atoms with Crippen LogP contribution in [-0.2, 0) is 6.42 Å². The number of phenols is 1. The Balaban J connectivity index is 2.78. The van der Waals surface area contributed by atoms with Gasteiger partial charge < -0.3 is 5.11 Å². The van der Waals surface area contributed by atoms with Gasteiger partial charge in [-0.15, -0.1) is 0 Å². The second-order valence-electron chi connectivity index (χ2n) is 3.48. The minimum absolute atomic E-state index is 0.155. The summed E-state index contributed by atoms with van der Waals surface area (Å²) in [4.78, 5) is 11.3. The molecule has 1 heterocycles. The molecule has 0 unspecified atom stereocenters. The molecule has 4 heteroatoms. The highest BCUT2D eigenvalue weighted by atomic mass is 16.3. The number of carbonyl (C=O) groups excluding carboxylic acids is 1. The largest absolute Gasteiger partial charge is 0.507 e. The summed E-state index contributed by atoms with van der Waals surface area (Å²) in [7, 11) is 0. The Morgan fingerprint density at radius 1 is 1.53 bits per heavy atom. The Morgan fingerprint density at radius 3 is 2.87 bits per heavy atom. The number of nitrogens with zero attached hydrogens (tertiary/aromatic N) is 2. The van der Waals surface area contributed by atoms with E-state index in [1.165, 1.54) is 17.8 Å². The van der Waals surface area contributed by atoms with Crippen molar-refractivity contribution in [3.8, 4) is 5.75 Å². The van der Waals surface area contributed by atoms with Gasteiger partial charge in [0.25, 0.3) is 0 Å². The molecule has 1 aromatic carbocycles. The number of carbonyl (C=O) groups is 1. The third-order valence-electron chi connectivity index (χ3n) is 2.43. The van der Waals surface area contributed by atoms with Gasteiger partial charge in [-0.1, -0.05) is 6.92 Å². The molecule has 0 spiro atoms. The monoisotopic (exact) mass is 204 g/mol. The van der Waals surface area contributed by atoms with Crippen molar-refractivity contribution in [3.63, 3.8) is 0 Å². The lowest BCUT2D eigenvalue weighted by molar-refractivity contribution is 0.0927. The molecule has 1 N–H and O–H groups in total. The highest BCUT2D eigenvalue weighted by molar-refractivity contribution is 5.93. The van der Waals surface area contributed by atoms with Crippen molar-refractivity contribution in [2.75, 3.05) is 0 Å². The third kappa shape index (κ3) is 1.48. The van der Waals surface area contributed by atoms with Crippen LogP contribution in [0.4, 0.5) is 0 Å². The van der Waals surface area contributed by atoms with Gasteiger partial charge in [-0.25, -0.2) is 4.68 Å². The van der Waals surface area contributed by atoms with Crippen molar-refractivity contribution in [2.45, 2.75) is 20.3 Å². The average molecular weight is 204 g/mol. The maximum absolute atomic E-state index is 11.3. The van der Waals surface area contributed by atoms with E-state index >= 15 is 0 Å². The first-order valence-electron chi connectivity index (χ1n) is 4.84. The fourth-order valence-electron chi connectivity index (χ4n) is 1.62. The summed E-state index contributed by atoms with van der Waals surface area (Å²) in [5.74, 6) is 0.0227. The second kappa shape index (κ2) is 3.38. The van der Waals surface area contributed by atoms with Crippen LogP contribution in [0, 0.1) is 0 Å². The van der Waals surface area contributed by atoms with E-state index in [-0.39, 0.29) is 11.7 Å². The number of rotatable bonds is 1. The summed E-state index contributed by atoms with van der Waals surface area (Å²) >= 11 is 0. The number of aryl methyl sites for hydroxylation is 1. The fraction of sp³-hybridized carbons (Fsp3) is 0.273. The van der Waals surface area contributed by atoms with Crippen LogP contribution in [0.1, 0.15) is 24.2 Å². The summed E-state index contributed by atoms with van der Waals surface area (Å²) in [6.07, 6.45) is 2.32. The number of aromatic nitrogens is 2. The molecule has 0 saturated heterocycles. The van der Waals surface area contributed by atoms with Crippen molar-refractivity contribution < 1.29 is 9.90 Å². The Bertz CT molecular complexity index is 529. The number of fused-ring (bicyclic) bond motifs is 1. The van der Waals surface area contributed by atoms with Gasteiger partial charge in [-0.3, -0.25) is 4.79 Å². The van der Waals surface area contributed by atoms with E-state index in [1.807, 2.05) is 13.0 Å². The quantitative estimate of drug-likeness (QED) is 0.772. The zero-order valence-electron chi connectivity index (χ0n) is 8.69. The molecule has 0 aliphatic carbocycles. The summed E-state index contributed by atoms with van der Waals surface area (Å²) in [6, 6.07) is 3.58. The molecular formula is C11H12N2O2. The Kier molecular flexibility index (Phi) is 2.19. The predicted molar refractivity (Wildman–Crippen MR) is 57.1 cm³/mol. The van der Waals surface area contributed by atoms with E-state index < -0.39 is 0 Å². The first-order valence-corrected chi connectivity index (χ1v) is 4.84. The van der Waals surface area contributed by atoms with Gasteiger partial charge >= 0.3 is 0 Å². The zero-order valence-corrected chi connectivity index (χ0v) is 8.69. The van der Waals surface area contributed by atoms with Crippen molar-refractivity contribution in [2.24, 2.45) is 0 Å². The van der Waals surface area contributed by atoms with E-state index in [0.29, 0.717) is 10.9 Å². The molecule has 0 radical (unpaired) electrons. The van der Waals surface area contributed by atoms with Gasteiger partial charge in [-0.05, 0) is 24.1 Å². The van der Waals surface area contributed by atoms with E-state index in [0.717, 1.165) is 12.0 Å². The van der Waals surface area contributed by atoms with Crippen LogP contribution in [0.15, 0.2) is 18.3 Å². The summed E-state index contributed by atoms with van der Waals surface area (Å²) in [5.41, 5.74) is 1.65. The highest BCUT2D eigenvalue weighted by Crippen LogP contribution is 2.26. The molecule has 0 saturated carbocycles. The van der Waals surface area contributed by atoms with E-state index in [4.69, 9.17) is 0 Å². The van der Waals surface area contributed by atoms with Crippen LogP contribution in [-0.4, -0.2) is 20.8 Å². The van der Waals surface area contributed by atoms with Crippen LogP contribution in [0.3, 0.4) is 0 Å². The van der Waals surface area contributed by atoms with Gasteiger partial charge in [0.05, 0.1) is 17.1 Å². The van der Waals surface area contributed by atoms with Crippen LogP contribution in [0.25, 0.3) is 10.9 Å². The van der Waals surface area contributed by atoms with Gasteiger partial charge in [0.15, 0.2) is 0 Å². The van der Waals surface area contributed by atoms with E-state index in [9.17, 15) is 9.90 Å². The van der Waals surface area contributed by atoms with Crippen molar-refractivity contribution in [1.82, 2.24) is 9.78 Å². The molecule has 78 valence electrons.